The molecule has 5 heteroatoms. The average Bonchev–Trinajstić information content (AvgIpc) is 2.42. The third-order valence-electron chi connectivity index (χ3n) is 3.14. The van der Waals surface area contributed by atoms with Crippen molar-refractivity contribution in [2.75, 3.05) is 11.1 Å². The van der Waals surface area contributed by atoms with Gasteiger partial charge in [0, 0.05) is 17.5 Å². The van der Waals surface area contributed by atoms with Gasteiger partial charge in [0.15, 0.2) is 0 Å². The van der Waals surface area contributed by atoms with Crippen molar-refractivity contribution in [3.05, 3.63) is 40.8 Å². The van der Waals surface area contributed by atoms with E-state index in [1.165, 1.54) is 5.56 Å². The van der Waals surface area contributed by atoms with E-state index >= 15 is 0 Å². The summed E-state index contributed by atoms with van der Waals surface area (Å²) in [5.74, 6) is 1.06. The van der Waals surface area contributed by atoms with Crippen molar-refractivity contribution < 1.29 is 0 Å². The van der Waals surface area contributed by atoms with Gasteiger partial charge in [-0.2, -0.15) is 4.98 Å². The first-order valence-corrected chi connectivity index (χ1v) is 6.38. The normalized spacial score (nSPS) is 10.5. The van der Waals surface area contributed by atoms with E-state index < -0.39 is 0 Å². The van der Waals surface area contributed by atoms with Gasteiger partial charge < -0.3 is 11.1 Å². The number of rotatable bonds is 4. The van der Waals surface area contributed by atoms with Crippen LogP contribution in [0.1, 0.15) is 29.4 Å². The lowest BCUT2D eigenvalue weighted by atomic mass is 10.2. The third-order valence-corrected chi connectivity index (χ3v) is 3.14. The number of anilines is 2. The summed E-state index contributed by atoms with van der Waals surface area (Å²) in [5.41, 5.74) is 9.89. The summed E-state index contributed by atoms with van der Waals surface area (Å²) in [6.45, 7) is 6.56. The van der Waals surface area contributed by atoms with Gasteiger partial charge in [-0.05, 0) is 38.0 Å². The van der Waals surface area contributed by atoms with Crippen LogP contribution in [0.25, 0.3) is 0 Å². The number of nitrogens with two attached hydrogens (primary N) is 1. The summed E-state index contributed by atoms with van der Waals surface area (Å²) in [4.78, 5) is 12.9. The molecule has 0 unspecified atom stereocenters. The van der Waals surface area contributed by atoms with E-state index in [2.05, 4.69) is 33.3 Å². The Balaban J connectivity index is 2.10. The van der Waals surface area contributed by atoms with E-state index in [9.17, 15) is 0 Å². The first-order valence-electron chi connectivity index (χ1n) is 6.38. The molecule has 2 heterocycles. The molecule has 2 aromatic heterocycles. The van der Waals surface area contributed by atoms with Crippen LogP contribution in [0, 0.1) is 13.8 Å². The SMILES string of the molecule is CCc1ccnc(CNc2nc(C)c(C)c(N)n2)c1. The molecule has 0 aliphatic carbocycles. The van der Waals surface area contributed by atoms with Crippen molar-refractivity contribution in [3.8, 4) is 0 Å². The molecule has 0 aromatic carbocycles. The van der Waals surface area contributed by atoms with Crippen molar-refractivity contribution in [3.63, 3.8) is 0 Å². The highest BCUT2D eigenvalue weighted by Gasteiger charge is 2.05. The predicted octanol–water partition coefficient (Wildman–Crippen LogP) is 2.25. The monoisotopic (exact) mass is 257 g/mol. The van der Waals surface area contributed by atoms with Crippen LogP contribution < -0.4 is 11.1 Å². The lowest BCUT2D eigenvalue weighted by molar-refractivity contribution is 0.971. The molecular weight excluding hydrogens is 238 g/mol. The zero-order valence-corrected chi connectivity index (χ0v) is 11.6. The van der Waals surface area contributed by atoms with E-state index in [0.29, 0.717) is 18.3 Å². The fourth-order valence-corrected chi connectivity index (χ4v) is 1.74. The molecular formula is C14H19N5. The van der Waals surface area contributed by atoms with E-state index in [0.717, 1.165) is 23.4 Å². The second-order valence-electron chi connectivity index (χ2n) is 4.51. The van der Waals surface area contributed by atoms with Crippen LogP contribution in [0.15, 0.2) is 18.3 Å². The molecule has 0 bridgehead atoms. The van der Waals surface area contributed by atoms with Gasteiger partial charge in [-0.1, -0.05) is 6.92 Å². The van der Waals surface area contributed by atoms with Crippen LogP contribution in [-0.4, -0.2) is 15.0 Å². The van der Waals surface area contributed by atoms with Gasteiger partial charge in [0.2, 0.25) is 5.95 Å². The van der Waals surface area contributed by atoms with E-state index in [1.54, 1.807) is 0 Å². The Bertz CT molecular complexity index is 557. The van der Waals surface area contributed by atoms with Crippen molar-refractivity contribution in [1.29, 1.82) is 0 Å². The molecule has 0 atom stereocenters. The molecule has 0 aliphatic heterocycles. The maximum absolute atomic E-state index is 5.83. The number of aromatic nitrogens is 3. The summed E-state index contributed by atoms with van der Waals surface area (Å²) in [7, 11) is 0. The first-order chi connectivity index (χ1) is 9.10. The Morgan fingerprint density at radius 3 is 2.74 bits per heavy atom. The summed E-state index contributed by atoms with van der Waals surface area (Å²) < 4.78 is 0. The van der Waals surface area contributed by atoms with Crippen LogP contribution in [0.3, 0.4) is 0 Å². The van der Waals surface area contributed by atoms with Crippen LogP contribution in [-0.2, 0) is 13.0 Å². The average molecular weight is 257 g/mol. The van der Waals surface area contributed by atoms with Crippen molar-refractivity contribution in [2.24, 2.45) is 0 Å². The molecule has 0 amide bonds. The molecule has 19 heavy (non-hydrogen) atoms. The quantitative estimate of drug-likeness (QED) is 0.878. The Morgan fingerprint density at radius 2 is 2.05 bits per heavy atom. The van der Waals surface area contributed by atoms with Crippen LogP contribution in [0.5, 0.6) is 0 Å². The standard InChI is InChI=1S/C14H19N5/c1-4-11-5-6-16-12(7-11)8-17-14-18-10(3)9(2)13(15)19-14/h5-7H,4,8H2,1-3H3,(H3,15,17,18,19). The Labute approximate surface area is 113 Å². The summed E-state index contributed by atoms with van der Waals surface area (Å²) in [6.07, 6.45) is 2.83. The first kappa shape index (κ1) is 13.3. The molecule has 3 N–H and O–H groups in total. The summed E-state index contributed by atoms with van der Waals surface area (Å²) >= 11 is 0. The minimum absolute atomic E-state index is 0.519. The van der Waals surface area contributed by atoms with Gasteiger partial charge in [0.25, 0.3) is 0 Å². The molecule has 100 valence electrons. The highest BCUT2D eigenvalue weighted by molar-refractivity contribution is 5.45. The predicted molar refractivity (Wildman–Crippen MR) is 76.9 cm³/mol. The lowest BCUT2D eigenvalue weighted by Gasteiger charge is -2.09. The van der Waals surface area contributed by atoms with Crippen LogP contribution >= 0.6 is 0 Å². The zero-order chi connectivity index (χ0) is 13.8. The fraction of sp³-hybridized carbons (Fsp3) is 0.357. The minimum Gasteiger partial charge on any atom is -0.383 e. The summed E-state index contributed by atoms with van der Waals surface area (Å²) in [6, 6.07) is 4.10. The minimum atomic E-state index is 0.519. The van der Waals surface area contributed by atoms with Gasteiger partial charge in [-0.25, -0.2) is 4.98 Å². The molecule has 0 saturated carbocycles. The van der Waals surface area contributed by atoms with Crippen LogP contribution in [0.4, 0.5) is 11.8 Å². The van der Waals surface area contributed by atoms with Crippen molar-refractivity contribution >= 4 is 11.8 Å². The molecule has 5 nitrogen and oxygen atoms in total. The van der Waals surface area contributed by atoms with E-state index in [-0.39, 0.29) is 0 Å². The van der Waals surface area contributed by atoms with Gasteiger partial charge in [0.05, 0.1) is 12.2 Å². The maximum Gasteiger partial charge on any atom is 0.225 e. The second kappa shape index (κ2) is 5.65. The number of nitrogen functional groups attached to an aromatic ring is 1. The highest BCUT2D eigenvalue weighted by Crippen LogP contribution is 2.14. The lowest BCUT2D eigenvalue weighted by Crippen LogP contribution is -2.09. The van der Waals surface area contributed by atoms with Gasteiger partial charge >= 0.3 is 0 Å². The Morgan fingerprint density at radius 1 is 1.26 bits per heavy atom. The number of nitrogens with zero attached hydrogens (tertiary/aromatic N) is 3. The molecule has 2 aromatic rings. The van der Waals surface area contributed by atoms with E-state index in [4.69, 9.17) is 5.73 Å². The maximum atomic E-state index is 5.83. The number of hydrogen-bond donors (Lipinski definition) is 2. The third kappa shape index (κ3) is 3.19. The molecule has 0 fully saturated rings. The topological polar surface area (TPSA) is 76.7 Å². The molecule has 2 rings (SSSR count). The Hall–Kier alpha value is -2.17. The zero-order valence-electron chi connectivity index (χ0n) is 11.6. The molecule has 0 spiro atoms. The second-order valence-corrected chi connectivity index (χ2v) is 4.51. The fourth-order valence-electron chi connectivity index (χ4n) is 1.74. The number of aryl methyl sites for hydroxylation is 2. The van der Waals surface area contributed by atoms with Gasteiger partial charge in [-0.15, -0.1) is 0 Å². The van der Waals surface area contributed by atoms with Crippen molar-refractivity contribution in [1.82, 2.24) is 15.0 Å². The highest BCUT2D eigenvalue weighted by atomic mass is 15.1. The molecule has 0 saturated heterocycles. The smallest absolute Gasteiger partial charge is 0.225 e. The molecule has 0 aliphatic rings. The van der Waals surface area contributed by atoms with Gasteiger partial charge in [0.1, 0.15) is 5.82 Å². The largest absolute Gasteiger partial charge is 0.383 e. The number of nitrogens with one attached hydrogen (secondary N) is 1. The Kier molecular flexibility index (Phi) is 3.94. The van der Waals surface area contributed by atoms with Crippen LogP contribution in [0.2, 0.25) is 0 Å². The number of pyridine rings is 1. The number of hydrogen-bond acceptors (Lipinski definition) is 5. The van der Waals surface area contributed by atoms with E-state index in [1.807, 2.05) is 26.1 Å². The van der Waals surface area contributed by atoms with Crippen molar-refractivity contribution in [2.45, 2.75) is 33.7 Å². The molecule has 0 radical (unpaired) electrons. The van der Waals surface area contributed by atoms with Gasteiger partial charge in [-0.3, -0.25) is 4.98 Å². The summed E-state index contributed by atoms with van der Waals surface area (Å²) in [5, 5.41) is 3.16.